The predicted molar refractivity (Wildman–Crippen MR) is 55.1 cm³/mol. The van der Waals surface area contributed by atoms with Gasteiger partial charge < -0.3 is 0 Å². The molecule has 0 bridgehead atoms. The van der Waals surface area contributed by atoms with Gasteiger partial charge in [-0.25, -0.2) is 4.52 Å². The highest BCUT2D eigenvalue weighted by Gasteiger charge is 2.22. The Kier molecular flexibility index (Phi) is 2.30. The van der Waals surface area contributed by atoms with Gasteiger partial charge in [-0.3, -0.25) is 0 Å². The third-order valence-corrected chi connectivity index (χ3v) is 2.58. The molecule has 0 aliphatic rings. The molecule has 0 radical (unpaired) electrons. The molecule has 3 heteroatoms. The van der Waals surface area contributed by atoms with Crippen LogP contribution in [-0.4, -0.2) is 0 Å². The molecular formula is C11H11ClNO+. The largest absolute Gasteiger partial charge is 0.279 e. The smallest absolute Gasteiger partial charge is 0.224 e. The lowest BCUT2D eigenvalue weighted by Crippen LogP contribution is -2.27. The minimum atomic E-state index is 0.450. The summed E-state index contributed by atoms with van der Waals surface area (Å²) in [4.78, 5) is 0. The van der Waals surface area contributed by atoms with E-state index in [9.17, 15) is 0 Å². The zero-order valence-electron chi connectivity index (χ0n) is 8.12. The third-order valence-electron chi connectivity index (χ3n) is 2.23. The summed E-state index contributed by atoms with van der Waals surface area (Å²) in [6.45, 7) is 1.95. The van der Waals surface area contributed by atoms with E-state index in [-0.39, 0.29) is 0 Å². The zero-order valence-corrected chi connectivity index (χ0v) is 8.88. The first kappa shape index (κ1) is 9.28. The lowest BCUT2D eigenvalue weighted by molar-refractivity contribution is -0.836. The molecule has 0 atom stereocenters. The summed E-state index contributed by atoms with van der Waals surface area (Å²) >= 11 is 5.90. The third kappa shape index (κ3) is 1.42. The van der Waals surface area contributed by atoms with Gasteiger partial charge in [0.2, 0.25) is 0 Å². The maximum atomic E-state index is 5.90. The molecule has 0 unspecified atom stereocenters. The summed E-state index contributed by atoms with van der Waals surface area (Å²) in [7, 11) is 1.85. The quantitative estimate of drug-likeness (QED) is 0.659. The van der Waals surface area contributed by atoms with Crippen LogP contribution in [0.2, 0.25) is 5.22 Å². The van der Waals surface area contributed by atoms with E-state index < -0.39 is 0 Å². The van der Waals surface area contributed by atoms with Crippen molar-refractivity contribution in [3.8, 4) is 11.3 Å². The van der Waals surface area contributed by atoms with Crippen molar-refractivity contribution in [1.29, 1.82) is 0 Å². The fraction of sp³-hybridized carbons (Fsp3) is 0.182. The molecule has 1 aromatic carbocycles. The van der Waals surface area contributed by atoms with Crippen LogP contribution >= 0.6 is 11.6 Å². The van der Waals surface area contributed by atoms with Gasteiger partial charge >= 0.3 is 0 Å². The Balaban J connectivity index is 2.62. The van der Waals surface area contributed by atoms with E-state index in [1.54, 1.807) is 4.74 Å². The van der Waals surface area contributed by atoms with Crippen LogP contribution in [0.25, 0.3) is 11.3 Å². The van der Waals surface area contributed by atoms with Gasteiger partial charge in [-0.1, -0.05) is 18.2 Å². The van der Waals surface area contributed by atoms with Gasteiger partial charge in [-0.05, 0) is 35.4 Å². The van der Waals surface area contributed by atoms with E-state index in [2.05, 4.69) is 0 Å². The number of aryl methyl sites for hydroxylation is 1. The summed E-state index contributed by atoms with van der Waals surface area (Å²) in [6, 6.07) is 10.0. The van der Waals surface area contributed by atoms with Crippen molar-refractivity contribution >= 4 is 11.6 Å². The molecule has 2 rings (SSSR count). The van der Waals surface area contributed by atoms with Crippen molar-refractivity contribution < 1.29 is 9.26 Å². The van der Waals surface area contributed by atoms with E-state index in [1.165, 1.54) is 0 Å². The Labute approximate surface area is 87.7 Å². The van der Waals surface area contributed by atoms with Crippen LogP contribution in [0.15, 0.2) is 34.9 Å². The summed E-state index contributed by atoms with van der Waals surface area (Å²) in [5.41, 5.74) is 3.11. The lowest BCUT2D eigenvalue weighted by Gasteiger charge is -1.92. The molecular weight excluding hydrogens is 198 g/mol. The molecule has 0 spiro atoms. The Hall–Kier alpha value is -1.28. The SMILES string of the molecule is Cc1c(Cl)o[n+](C)c1-c1ccccc1. The second-order valence-electron chi connectivity index (χ2n) is 3.20. The number of aromatic nitrogens is 1. The van der Waals surface area contributed by atoms with Crippen LogP contribution in [0.3, 0.4) is 0 Å². The molecule has 0 aliphatic heterocycles. The van der Waals surface area contributed by atoms with Gasteiger partial charge in [-0.15, -0.1) is 0 Å². The molecule has 0 aliphatic carbocycles. The number of halogens is 1. The Morgan fingerprint density at radius 1 is 1.21 bits per heavy atom. The highest BCUT2D eigenvalue weighted by molar-refractivity contribution is 6.29. The molecule has 2 aromatic rings. The van der Waals surface area contributed by atoms with Gasteiger partial charge in [0.15, 0.2) is 7.05 Å². The fourth-order valence-corrected chi connectivity index (χ4v) is 1.75. The molecule has 14 heavy (non-hydrogen) atoms. The molecule has 1 heterocycles. The summed E-state index contributed by atoms with van der Waals surface area (Å²) in [5.74, 6) is 0. The van der Waals surface area contributed by atoms with E-state index in [1.807, 2.05) is 44.3 Å². The van der Waals surface area contributed by atoms with Gasteiger partial charge in [0.05, 0.1) is 11.1 Å². The second-order valence-corrected chi connectivity index (χ2v) is 3.55. The predicted octanol–water partition coefficient (Wildman–Crippen LogP) is 2.73. The number of hydrogen-bond acceptors (Lipinski definition) is 1. The first-order valence-electron chi connectivity index (χ1n) is 4.41. The monoisotopic (exact) mass is 208 g/mol. The highest BCUT2D eigenvalue weighted by atomic mass is 35.5. The number of rotatable bonds is 1. The van der Waals surface area contributed by atoms with E-state index in [0.29, 0.717) is 5.22 Å². The van der Waals surface area contributed by atoms with Crippen molar-refractivity contribution in [3.05, 3.63) is 41.1 Å². The average molecular weight is 209 g/mol. The summed E-state index contributed by atoms with van der Waals surface area (Å²) < 4.78 is 6.97. The Bertz CT molecular complexity index is 448. The maximum Gasteiger partial charge on any atom is 0.279 e. The maximum absolute atomic E-state index is 5.90. The summed E-state index contributed by atoms with van der Waals surface area (Å²) in [6.07, 6.45) is 0. The molecule has 72 valence electrons. The van der Waals surface area contributed by atoms with Crippen LogP contribution in [0.1, 0.15) is 5.56 Å². The zero-order chi connectivity index (χ0) is 10.1. The van der Waals surface area contributed by atoms with Gasteiger partial charge in [0.25, 0.3) is 10.9 Å². The van der Waals surface area contributed by atoms with Crippen molar-refractivity contribution in [2.45, 2.75) is 6.92 Å². The minimum absolute atomic E-state index is 0.450. The molecule has 0 amide bonds. The topological polar surface area (TPSA) is 17.0 Å². The first-order chi connectivity index (χ1) is 6.70. The van der Waals surface area contributed by atoms with Crippen LogP contribution in [0.4, 0.5) is 0 Å². The lowest BCUT2D eigenvalue weighted by atomic mass is 10.1. The molecule has 0 fully saturated rings. The van der Waals surface area contributed by atoms with Crippen LogP contribution in [0, 0.1) is 6.92 Å². The van der Waals surface area contributed by atoms with Crippen molar-refractivity contribution in [2.75, 3.05) is 0 Å². The van der Waals surface area contributed by atoms with E-state index in [0.717, 1.165) is 16.8 Å². The Morgan fingerprint density at radius 2 is 1.86 bits per heavy atom. The van der Waals surface area contributed by atoms with Crippen molar-refractivity contribution in [2.24, 2.45) is 7.05 Å². The van der Waals surface area contributed by atoms with Crippen LogP contribution in [0.5, 0.6) is 0 Å². The highest BCUT2D eigenvalue weighted by Crippen LogP contribution is 2.25. The van der Waals surface area contributed by atoms with E-state index >= 15 is 0 Å². The average Bonchev–Trinajstić information content (AvgIpc) is 2.43. The molecule has 0 saturated carbocycles. The standard InChI is InChI=1S/C11H11ClNO/c1-8-10(13(2)14-11(8)12)9-6-4-3-5-7-9/h3-7H,1-2H3/q+1. The van der Waals surface area contributed by atoms with Crippen LogP contribution < -0.4 is 4.74 Å². The second kappa shape index (κ2) is 3.46. The van der Waals surface area contributed by atoms with E-state index in [4.69, 9.17) is 16.1 Å². The Morgan fingerprint density at radius 3 is 2.36 bits per heavy atom. The van der Waals surface area contributed by atoms with Gasteiger partial charge in [0, 0.05) is 0 Å². The normalized spacial score (nSPS) is 10.5. The minimum Gasteiger partial charge on any atom is -0.224 e. The number of hydrogen-bond donors (Lipinski definition) is 0. The number of nitrogens with zero attached hydrogens (tertiary/aromatic N) is 1. The molecule has 1 aromatic heterocycles. The summed E-state index contributed by atoms with van der Waals surface area (Å²) in [5, 5.41) is 0.450. The van der Waals surface area contributed by atoms with Gasteiger partial charge in [0.1, 0.15) is 0 Å². The van der Waals surface area contributed by atoms with Crippen LogP contribution in [-0.2, 0) is 7.05 Å². The molecule has 0 saturated heterocycles. The molecule has 2 nitrogen and oxygen atoms in total. The molecule has 0 N–H and O–H groups in total. The van der Waals surface area contributed by atoms with Crippen molar-refractivity contribution in [1.82, 2.24) is 0 Å². The van der Waals surface area contributed by atoms with Gasteiger partial charge in [-0.2, -0.15) is 0 Å². The van der Waals surface area contributed by atoms with Crippen molar-refractivity contribution in [3.63, 3.8) is 0 Å². The number of benzene rings is 1. The first-order valence-corrected chi connectivity index (χ1v) is 4.79. The fourth-order valence-electron chi connectivity index (χ4n) is 1.56.